The number of rotatable bonds is 7. The summed E-state index contributed by atoms with van der Waals surface area (Å²) in [6.07, 6.45) is 5.87. The lowest BCUT2D eigenvalue weighted by atomic mass is 9.87. The van der Waals surface area contributed by atoms with Gasteiger partial charge in [-0.05, 0) is 62.1 Å². The number of allylic oxidation sites excluding steroid dienone is 2. The Bertz CT molecular complexity index is 760. The second-order valence-corrected chi connectivity index (χ2v) is 6.99. The van der Waals surface area contributed by atoms with E-state index in [1.54, 1.807) is 0 Å². The Morgan fingerprint density at radius 1 is 1.36 bits per heavy atom. The minimum Gasteiger partial charge on any atom is -0.481 e. The molecular weight excluding hydrogens is 318 g/mol. The highest BCUT2D eigenvalue weighted by Gasteiger charge is 2.35. The summed E-state index contributed by atoms with van der Waals surface area (Å²) in [5.74, 6) is -0.466. The fourth-order valence-electron chi connectivity index (χ4n) is 3.72. The van der Waals surface area contributed by atoms with E-state index < -0.39 is 5.97 Å². The molecule has 1 aliphatic carbocycles. The zero-order chi connectivity index (χ0) is 18.1. The first kappa shape index (κ1) is 17.5. The highest BCUT2D eigenvalue weighted by atomic mass is 16.5. The lowest BCUT2D eigenvalue weighted by Crippen LogP contribution is -2.10. The highest BCUT2D eigenvalue weighted by molar-refractivity contribution is 6.01. The number of hydrogen-bond donors (Lipinski definition) is 2. The average molecular weight is 343 g/mol. The van der Waals surface area contributed by atoms with E-state index in [9.17, 15) is 9.59 Å². The Morgan fingerprint density at radius 2 is 2.08 bits per heavy atom. The molecule has 0 atom stereocenters. The van der Waals surface area contributed by atoms with E-state index in [-0.39, 0.29) is 12.4 Å². The first-order chi connectivity index (χ1) is 11.9. The maximum atomic E-state index is 12.2. The van der Waals surface area contributed by atoms with Gasteiger partial charge in [0, 0.05) is 19.0 Å². The lowest BCUT2D eigenvalue weighted by molar-refractivity contribution is -0.136. The van der Waals surface area contributed by atoms with Gasteiger partial charge in [0.15, 0.2) is 0 Å². The highest BCUT2D eigenvalue weighted by Crippen LogP contribution is 2.48. The van der Waals surface area contributed by atoms with Crippen LogP contribution in [0.1, 0.15) is 71.1 Å². The van der Waals surface area contributed by atoms with E-state index in [4.69, 9.17) is 9.84 Å². The van der Waals surface area contributed by atoms with Gasteiger partial charge >= 0.3 is 11.9 Å². The number of fused-ring (bicyclic) bond motifs is 1. The molecule has 0 spiro atoms. The zero-order valence-corrected chi connectivity index (χ0v) is 15.1. The molecule has 0 radical (unpaired) electrons. The number of carbonyl (C=O) groups excluding carboxylic acids is 1. The Hall–Kier alpha value is -2.30. The molecular formula is C20H25NO4. The van der Waals surface area contributed by atoms with Gasteiger partial charge in [-0.25, -0.2) is 4.79 Å². The molecule has 0 bridgehead atoms. The zero-order valence-electron chi connectivity index (χ0n) is 15.1. The summed E-state index contributed by atoms with van der Waals surface area (Å²) in [6, 6.07) is 0. The molecule has 2 N–H and O–H groups in total. The molecule has 1 fully saturated rings. The smallest absolute Gasteiger partial charge is 0.341 e. The van der Waals surface area contributed by atoms with Gasteiger partial charge in [-0.3, -0.25) is 4.79 Å². The van der Waals surface area contributed by atoms with Crippen LogP contribution in [-0.2, 0) is 22.6 Å². The van der Waals surface area contributed by atoms with Gasteiger partial charge < -0.3 is 15.2 Å². The maximum Gasteiger partial charge on any atom is 0.341 e. The predicted molar refractivity (Wildman–Crippen MR) is 96.2 cm³/mol. The van der Waals surface area contributed by atoms with Gasteiger partial charge in [0.05, 0.1) is 11.3 Å². The molecule has 1 aromatic rings. The third kappa shape index (κ3) is 3.41. The molecule has 2 aliphatic rings. The Labute approximate surface area is 148 Å². The second-order valence-electron chi connectivity index (χ2n) is 6.99. The molecule has 3 rings (SSSR count). The van der Waals surface area contributed by atoms with Crippen LogP contribution in [0.15, 0.2) is 11.6 Å². The number of esters is 1. The average Bonchev–Trinajstić information content (AvgIpc) is 3.33. The molecule has 0 amide bonds. The number of ether oxygens (including phenoxy) is 1. The van der Waals surface area contributed by atoms with Crippen molar-refractivity contribution in [1.82, 2.24) is 0 Å². The Balaban J connectivity index is 2.01. The van der Waals surface area contributed by atoms with Gasteiger partial charge in [-0.2, -0.15) is 0 Å². The topological polar surface area (TPSA) is 75.6 Å². The SMILES string of the molecule is CNc1c(C/C=C(\C)CCC(=O)O)c(C2CC2)c(C)c2c1C(=O)OC2. The Kier molecular flexibility index (Phi) is 4.84. The number of aliphatic carboxylic acids is 1. The van der Waals surface area contributed by atoms with Crippen molar-refractivity contribution in [3.05, 3.63) is 39.5 Å². The minimum atomic E-state index is -0.779. The van der Waals surface area contributed by atoms with Crippen LogP contribution in [0.3, 0.4) is 0 Å². The van der Waals surface area contributed by atoms with Gasteiger partial charge in [-0.1, -0.05) is 11.6 Å². The van der Waals surface area contributed by atoms with E-state index >= 15 is 0 Å². The largest absolute Gasteiger partial charge is 0.481 e. The third-order valence-electron chi connectivity index (χ3n) is 5.21. The number of carboxylic acids is 1. The van der Waals surface area contributed by atoms with E-state index in [2.05, 4.69) is 18.3 Å². The molecule has 5 nitrogen and oxygen atoms in total. The fraction of sp³-hybridized carbons (Fsp3) is 0.500. The normalized spacial score (nSPS) is 16.6. The number of anilines is 1. The van der Waals surface area contributed by atoms with Crippen LogP contribution in [0, 0.1) is 6.92 Å². The van der Waals surface area contributed by atoms with Crippen molar-refractivity contribution >= 4 is 17.6 Å². The molecule has 134 valence electrons. The van der Waals surface area contributed by atoms with Gasteiger partial charge in [0.25, 0.3) is 0 Å². The summed E-state index contributed by atoms with van der Waals surface area (Å²) in [5, 5.41) is 12.1. The quantitative estimate of drug-likeness (QED) is 0.579. The summed E-state index contributed by atoms with van der Waals surface area (Å²) in [7, 11) is 1.84. The van der Waals surface area contributed by atoms with Crippen LogP contribution in [0.2, 0.25) is 0 Å². The fourth-order valence-corrected chi connectivity index (χ4v) is 3.72. The van der Waals surface area contributed by atoms with Gasteiger partial charge in [0.2, 0.25) is 0 Å². The number of carboxylic acid groups (broad SMARTS) is 1. The Morgan fingerprint density at radius 3 is 2.68 bits per heavy atom. The minimum absolute atomic E-state index is 0.145. The predicted octanol–water partition coefficient (Wildman–Crippen LogP) is 3.94. The number of benzene rings is 1. The van der Waals surface area contributed by atoms with E-state index in [0.29, 0.717) is 30.9 Å². The molecule has 0 aromatic heterocycles. The van der Waals surface area contributed by atoms with Crippen LogP contribution >= 0.6 is 0 Å². The van der Waals surface area contributed by atoms with Gasteiger partial charge in [-0.15, -0.1) is 0 Å². The maximum absolute atomic E-state index is 12.2. The second kappa shape index (κ2) is 6.90. The summed E-state index contributed by atoms with van der Waals surface area (Å²) in [5.41, 5.74) is 7.34. The van der Waals surface area contributed by atoms with Crippen molar-refractivity contribution in [2.75, 3.05) is 12.4 Å². The molecule has 0 unspecified atom stereocenters. The standard InChI is InChI=1S/C20H25NO4/c1-11(5-9-16(22)23)4-8-14-17(13-6-7-13)12(2)15-10-25-20(24)18(15)19(14)21-3/h4,13,21H,5-10H2,1-3H3,(H,22,23)/b11-4+. The number of carbonyl (C=O) groups is 2. The van der Waals surface area contributed by atoms with Crippen molar-refractivity contribution in [3.8, 4) is 0 Å². The van der Waals surface area contributed by atoms with Crippen molar-refractivity contribution in [3.63, 3.8) is 0 Å². The molecule has 5 heteroatoms. The first-order valence-corrected chi connectivity index (χ1v) is 8.84. The van der Waals surface area contributed by atoms with Crippen LogP contribution in [0.5, 0.6) is 0 Å². The number of nitrogens with one attached hydrogen (secondary N) is 1. The van der Waals surface area contributed by atoms with Crippen LogP contribution in [-0.4, -0.2) is 24.1 Å². The van der Waals surface area contributed by atoms with Crippen molar-refractivity contribution in [1.29, 1.82) is 0 Å². The molecule has 25 heavy (non-hydrogen) atoms. The van der Waals surface area contributed by atoms with Crippen molar-refractivity contribution in [2.24, 2.45) is 0 Å². The van der Waals surface area contributed by atoms with E-state index in [1.165, 1.54) is 24.0 Å². The van der Waals surface area contributed by atoms with Crippen LogP contribution in [0.25, 0.3) is 0 Å². The van der Waals surface area contributed by atoms with Crippen LogP contribution in [0.4, 0.5) is 5.69 Å². The first-order valence-electron chi connectivity index (χ1n) is 8.84. The lowest BCUT2D eigenvalue weighted by Gasteiger charge is -2.20. The van der Waals surface area contributed by atoms with Crippen molar-refractivity contribution in [2.45, 2.75) is 58.5 Å². The van der Waals surface area contributed by atoms with E-state index in [1.807, 2.05) is 14.0 Å². The number of cyclic esters (lactones) is 1. The summed E-state index contributed by atoms with van der Waals surface area (Å²) in [6.45, 7) is 4.42. The van der Waals surface area contributed by atoms with Gasteiger partial charge in [0.1, 0.15) is 6.61 Å². The molecule has 1 aliphatic heterocycles. The summed E-state index contributed by atoms with van der Waals surface area (Å²) >= 11 is 0. The third-order valence-corrected chi connectivity index (χ3v) is 5.21. The van der Waals surface area contributed by atoms with Crippen molar-refractivity contribution < 1.29 is 19.4 Å². The molecule has 1 aromatic carbocycles. The molecule has 1 saturated carbocycles. The monoisotopic (exact) mass is 343 g/mol. The molecule has 0 saturated heterocycles. The summed E-state index contributed by atoms with van der Waals surface area (Å²) < 4.78 is 5.29. The number of hydrogen-bond acceptors (Lipinski definition) is 4. The van der Waals surface area contributed by atoms with E-state index in [0.717, 1.165) is 22.4 Å². The van der Waals surface area contributed by atoms with Crippen LogP contribution < -0.4 is 5.32 Å². The summed E-state index contributed by atoms with van der Waals surface area (Å²) in [4.78, 5) is 23.0. The molecule has 1 heterocycles.